The highest BCUT2D eigenvalue weighted by Gasteiger charge is 2.11. The molecule has 0 aliphatic carbocycles. The first-order valence-electron chi connectivity index (χ1n) is 7.02. The first-order chi connectivity index (χ1) is 11.1. The highest BCUT2D eigenvalue weighted by Crippen LogP contribution is 2.21. The maximum Gasteiger partial charge on any atom is 0.339 e. The van der Waals surface area contributed by atoms with E-state index in [0.717, 1.165) is 5.56 Å². The maximum atomic E-state index is 11.8. The van der Waals surface area contributed by atoms with Crippen LogP contribution in [0.5, 0.6) is 0 Å². The smallest absolute Gasteiger partial charge is 0.339 e. The number of carbonyl (C=O) groups is 2. The van der Waals surface area contributed by atoms with E-state index < -0.39 is 5.97 Å². The first-order valence-corrected chi connectivity index (χ1v) is 7.40. The predicted molar refractivity (Wildman–Crippen MR) is 89.6 cm³/mol. The average molecular weight is 333 g/mol. The second kappa shape index (κ2) is 8.19. The summed E-state index contributed by atoms with van der Waals surface area (Å²) in [5, 5.41) is 6.06. The Morgan fingerprint density at radius 2 is 1.87 bits per heavy atom. The monoisotopic (exact) mass is 332 g/mol. The van der Waals surface area contributed by atoms with Gasteiger partial charge in [-0.3, -0.25) is 4.79 Å². The van der Waals surface area contributed by atoms with Gasteiger partial charge < -0.3 is 15.4 Å². The SMILES string of the molecule is COC(=O)c1cc(NCC(=O)NCc2ccccc2)ccc1Cl. The van der Waals surface area contributed by atoms with Crippen molar-refractivity contribution < 1.29 is 14.3 Å². The van der Waals surface area contributed by atoms with Gasteiger partial charge in [0.05, 0.1) is 24.2 Å². The lowest BCUT2D eigenvalue weighted by Crippen LogP contribution is -2.29. The van der Waals surface area contributed by atoms with Crippen molar-refractivity contribution in [1.29, 1.82) is 0 Å². The molecule has 0 spiro atoms. The Morgan fingerprint density at radius 3 is 2.57 bits per heavy atom. The van der Waals surface area contributed by atoms with E-state index in [1.165, 1.54) is 7.11 Å². The van der Waals surface area contributed by atoms with E-state index in [9.17, 15) is 9.59 Å². The zero-order chi connectivity index (χ0) is 16.7. The van der Waals surface area contributed by atoms with Crippen molar-refractivity contribution in [2.75, 3.05) is 19.0 Å². The van der Waals surface area contributed by atoms with E-state index >= 15 is 0 Å². The van der Waals surface area contributed by atoms with E-state index in [1.807, 2.05) is 30.3 Å². The molecule has 120 valence electrons. The van der Waals surface area contributed by atoms with Crippen molar-refractivity contribution in [3.8, 4) is 0 Å². The number of esters is 1. The van der Waals surface area contributed by atoms with E-state index in [2.05, 4.69) is 15.4 Å². The highest BCUT2D eigenvalue weighted by atomic mass is 35.5. The minimum absolute atomic E-state index is 0.0923. The van der Waals surface area contributed by atoms with Gasteiger partial charge in [-0.2, -0.15) is 0 Å². The Bertz CT molecular complexity index is 689. The molecule has 0 fully saturated rings. The fourth-order valence-corrected chi connectivity index (χ4v) is 2.14. The number of anilines is 1. The van der Waals surface area contributed by atoms with E-state index in [-0.39, 0.29) is 18.0 Å². The van der Waals surface area contributed by atoms with Crippen LogP contribution in [-0.2, 0) is 16.1 Å². The van der Waals surface area contributed by atoms with Gasteiger partial charge in [-0.25, -0.2) is 4.79 Å². The van der Waals surface area contributed by atoms with Crippen LogP contribution in [0.4, 0.5) is 5.69 Å². The highest BCUT2D eigenvalue weighted by molar-refractivity contribution is 6.33. The van der Waals surface area contributed by atoms with Crippen LogP contribution in [0, 0.1) is 0 Å². The quantitative estimate of drug-likeness (QED) is 0.798. The largest absolute Gasteiger partial charge is 0.465 e. The number of amides is 1. The summed E-state index contributed by atoms with van der Waals surface area (Å²) in [4.78, 5) is 23.4. The molecule has 0 aromatic heterocycles. The molecule has 2 aromatic carbocycles. The number of halogens is 1. The van der Waals surface area contributed by atoms with Crippen LogP contribution >= 0.6 is 11.6 Å². The molecule has 0 aliphatic rings. The summed E-state index contributed by atoms with van der Waals surface area (Å²) in [5.74, 6) is -0.671. The molecule has 2 aromatic rings. The van der Waals surface area contributed by atoms with Crippen molar-refractivity contribution in [1.82, 2.24) is 5.32 Å². The zero-order valence-electron chi connectivity index (χ0n) is 12.6. The molecular weight excluding hydrogens is 316 g/mol. The second-order valence-electron chi connectivity index (χ2n) is 4.80. The van der Waals surface area contributed by atoms with Gasteiger partial charge in [0, 0.05) is 12.2 Å². The van der Waals surface area contributed by atoms with Crippen LogP contribution in [-0.4, -0.2) is 25.5 Å². The van der Waals surface area contributed by atoms with Gasteiger partial charge >= 0.3 is 5.97 Å². The van der Waals surface area contributed by atoms with Crippen LogP contribution in [0.3, 0.4) is 0 Å². The van der Waals surface area contributed by atoms with Crippen LogP contribution in [0.1, 0.15) is 15.9 Å². The summed E-state index contributed by atoms with van der Waals surface area (Å²) in [6.07, 6.45) is 0. The fourth-order valence-electron chi connectivity index (χ4n) is 1.94. The number of nitrogens with one attached hydrogen (secondary N) is 2. The molecule has 1 amide bonds. The molecule has 6 heteroatoms. The van der Waals surface area contributed by atoms with E-state index in [0.29, 0.717) is 17.3 Å². The van der Waals surface area contributed by atoms with Crippen LogP contribution in [0.25, 0.3) is 0 Å². The van der Waals surface area contributed by atoms with Crippen molar-refractivity contribution in [3.05, 3.63) is 64.7 Å². The third-order valence-corrected chi connectivity index (χ3v) is 3.49. The van der Waals surface area contributed by atoms with Crippen molar-refractivity contribution in [2.24, 2.45) is 0 Å². The van der Waals surface area contributed by atoms with Crippen LogP contribution in [0.15, 0.2) is 48.5 Å². The molecule has 2 N–H and O–H groups in total. The maximum absolute atomic E-state index is 11.8. The Balaban J connectivity index is 1.88. The molecular formula is C17H17ClN2O3. The van der Waals surface area contributed by atoms with Gasteiger partial charge in [0.25, 0.3) is 0 Å². The standard InChI is InChI=1S/C17H17ClN2O3/c1-23-17(22)14-9-13(7-8-15(14)18)19-11-16(21)20-10-12-5-3-2-4-6-12/h2-9,19H,10-11H2,1H3,(H,20,21). The topological polar surface area (TPSA) is 67.4 Å². The third kappa shape index (κ3) is 5.00. The lowest BCUT2D eigenvalue weighted by Gasteiger charge is -2.10. The average Bonchev–Trinajstić information content (AvgIpc) is 2.59. The number of hydrogen-bond donors (Lipinski definition) is 2. The minimum atomic E-state index is -0.521. The van der Waals surface area contributed by atoms with Gasteiger partial charge in [0.15, 0.2) is 0 Å². The Hall–Kier alpha value is -2.53. The van der Waals surface area contributed by atoms with Gasteiger partial charge in [0.2, 0.25) is 5.91 Å². The molecule has 5 nitrogen and oxygen atoms in total. The molecule has 0 bridgehead atoms. The molecule has 0 atom stereocenters. The van der Waals surface area contributed by atoms with Crippen LogP contribution < -0.4 is 10.6 Å². The van der Waals surface area contributed by atoms with Crippen LogP contribution in [0.2, 0.25) is 5.02 Å². The van der Waals surface area contributed by atoms with Crippen molar-refractivity contribution >= 4 is 29.2 Å². The minimum Gasteiger partial charge on any atom is -0.465 e. The number of ether oxygens (including phenoxy) is 1. The molecule has 0 saturated heterocycles. The summed E-state index contributed by atoms with van der Waals surface area (Å²) in [6, 6.07) is 14.5. The summed E-state index contributed by atoms with van der Waals surface area (Å²) >= 11 is 5.94. The van der Waals surface area contributed by atoms with Crippen molar-refractivity contribution in [2.45, 2.75) is 6.54 Å². The molecule has 0 radical (unpaired) electrons. The van der Waals surface area contributed by atoms with Gasteiger partial charge in [-0.1, -0.05) is 41.9 Å². The number of carbonyl (C=O) groups excluding carboxylic acids is 2. The number of methoxy groups -OCH3 is 1. The summed E-state index contributed by atoms with van der Waals surface area (Å²) in [5.41, 5.74) is 1.90. The second-order valence-corrected chi connectivity index (χ2v) is 5.21. The molecule has 0 aliphatic heterocycles. The number of hydrogen-bond acceptors (Lipinski definition) is 4. The zero-order valence-corrected chi connectivity index (χ0v) is 13.4. The lowest BCUT2D eigenvalue weighted by molar-refractivity contribution is -0.119. The fraction of sp³-hybridized carbons (Fsp3) is 0.176. The first kappa shape index (κ1) is 16.8. The Morgan fingerprint density at radius 1 is 1.13 bits per heavy atom. The summed E-state index contributed by atoms with van der Waals surface area (Å²) < 4.78 is 4.65. The third-order valence-electron chi connectivity index (χ3n) is 3.16. The lowest BCUT2D eigenvalue weighted by atomic mass is 10.2. The van der Waals surface area contributed by atoms with Gasteiger partial charge in [0.1, 0.15) is 0 Å². The Labute approximate surface area is 139 Å². The number of benzene rings is 2. The van der Waals surface area contributed by atoms with Gasteiger partial charge in [-0.15, -0.1) is 0 Å². The normalized spacial score (nSPS) is 10.0. The van der Waals surface area contributed by atoms with E-state index in [1.54, 1.807) is 18.2 Å². The van der Waals surface area contributed by atoms with Gasteiger partial charge in [-0.05, 0) is 23.8 Å². The summed E-state index contributed by atoms with van der Waals surface area (Å²) in [6.45, 7) is 0.560. The van der Waals surface area contributed by atoms with E-state index in [4.69, 9.17) is 11.6 Å². The van der Waals surface area contributed by atoms with Crippen molar-refractivity contribution in [3.63, 3.8) is 0 Å². The summed E-state index contributed by atoms with van der Waals surface area (Å²) in [7, 11) is 1.29. The predicted octanol–water partition coefficient (Wildman–Crippen LogP) is 2.85. The molecule has 0 unspecified atom stereocenters. The number of rotatable bonds is 6. The molecule has 0 saturated carbocycles. The molecule has 2 rings (SSSR count). The molecule has 23 heavy (non-hydrogen) atoms. The Kier molecular flexibility index (Phi) is 6.00. The molecule has 0 heterocycles.